The van der Waals surface area contributed by atoms with Crippen LogP contribution in [0.15, 0.2) is 39.8 Å². The van der Waals surface area contributed by atoms with Gasteiger partial charge in [0.05, 0.1) is 11.3 Å². The van der Waals surface area contributed by atoms with Gasteiger partial charge in [-0.1, -0.05) is 17.2 Å². The lowest BCUT2D eigenvalue weighted by Gasteiger charge is -2.11. The maximum atomic E-state index is 12.0. The fraction of sp³-hybridized carbons (Fsp3) is 0.267. The zero-order chi connectivity index (χ0) is 17.9. The van der Waals surface area contributed by atoms with Crippen LogP contribution in [0.2, 0.25) is 0 Å². The summed E-state index contributed by atoms with van der Waals surface area (Å²) in [6.07, 6.45) is 2.52. The fourth-order valence-electron chi connectivity index (χ4n) is 2.06. The zero-order valence-corrected chi connectivity index (χ0v) is 14.1. The van der Waals surface area contributed by atoms with Crippen LogP contribution in [0.4, 0.5) is 6.01 Å². The molecule has 9 nitrogen and oxygen atoms in total. The van der Waals surface area contributed by atoms with Crippen LogP contribution in [-0.2, 0) is 30.5 Å². The Morgan fingerprint density at radius 1 is 1.20 bits per heavy atom. The lowest BCUT2D eigenvalue weighted by molar-refractivity contribution is -0.115. The van der Waals surface area contributed by atoms with E-state index in [1.54, 1.807) is 12.1 Å². The highest BCUT2D eigenvalue weighted by Crippen LogP contribution is 2.19. The molecule has 25 heavy (non-hydrogen) atoms. The molecule has 0 saturated heterocycles. The monoisotopic (exact) mass is 365 g/mol. The number of nitrogens with one attached hydrogen (secondary N) is 1. The van der Waals surface area contributed by atoms with Crippen LogP contribution in [0.3, 0.4) is 0 Å². The number of hydrogen-bond acceptors (Lipinski definition) is 8. The van der Waals surface area contributed by atoms with Crippen molar-refractivity contribution >= 4 is 27.5 Å². The average Bonchev–Trinajstić information content (AvgIpc) is 3.03. The van der Waals surface area contributed by atoms with Crippen molar-refractivity contribution in [2.45, 2.75) is 11.3 Å². The maximum absolute atomic E-state index is 12.0. The van der Waals surface area contributed by atoms with E-state index in [1.165, 1.54) is 18.4 Å². The topological polar surface area (TPSA) is 121 Å². The summed E-state index contributed by atoms with van der Waals surface area (Å²) in [7, 11) is -3.27. The third-order valence-corrected chi connectivity index (χ3v) is 4.38. The Bertz CT molecular complexity index is 902. The van der Waals surface area contributed by atoms with Gasteiger partial charge in [0.1, 0.15) is 19.5 Å². The first-order valence-corrected chi connectivity index (χ1v) is 9.18. The summed E-state index contributed by atoms with van der Waals surface area (Å²) >= 11 is 0. The number of nitrogens with zero attached hydrogens (tertiary/aromatic N) is 2. The molecule has 0 aliphatic carbocycles. The molecule has 0 saturated carbocycles. The van der Waals surface area contributed by atoms with Gasteiger partial charge in [-0.05, 0) is 17.7 Å². The van der Waals surface area contributed by atoms with Crippen LogP contribution in [0.5, 0.6) is 0 Å². The minimum absolute atomic E-state index is 0.0318. The van der Waals surface area contributed by atoms with Gasteiger partial charge >= 0.3 is 6.01 Å². The van der Waals surface area contributed by atoms with E-state index in [-0.39, 0.29) is 29.1 Å². The SMILES string of the molecule is CS(=O)(=O)c1ccc(CC(=O)Nc2nnc(C3=COCCO3)o2)cc1. The number of rotatable bonds is 5. The molecule has 3 rings (SSSR count). The van der Waals surface area contributed by atoms with Gasteiger partial charge < -0.3 is 13.9 Å². The third-order valence-electron chi connectivity index (χ3n) is 3.25. The van der Waals surface area contributed by atoms with Crippen LogP contribution in [0.1, 0.15) is 11.5 Å². The Hall–Kier alpha value is -2.88. The molecular formula is C15H15N3O6S. The summed E-state index contributed by atoms with van der Waals surface area (Å²) in [4.78, 5) is 12.2. The molecule has 0 spiro atoms. The van der Waals surface area contributed by atoms with Crippen molar-refractivity contribution in [2.75, 3.05) is 24.8 Å². The number of aromatic nitrogens is 2. The summed E-state index contributed by atoms with van der Waals surface area (Å²) < 4.78 is 38.5. The molecule has 1 aromatic carbocycles. The molecule has 0 radical (unpaired) electrons. The number of carbonyl (C=O) groups excluding carboxylic acids is 1. The Morgan fingerprint density at radius 3 is 2.60 bits per heavy atom. The van der Waals surface area contributed by atoms with Crippen LogP contribution < -0.4 is 5.32 Å². The normalized spacial score (nSPS) is 14.2. The second-order valence-corrected chi connectivity index (χ2v) is 7.27. The molecule has 2 heterocycles. The minimum Gasteiger partial charge on any atom is -0.494 e. The molecule has 1 amide bonds. The molecule has 0 bridgehead atoms. The van der Waals surface area contributed by atoms with E-state index in [1.807, 2.05) is 0 Å². The number of benzene rings is 1. The Balaban J connectivity index is 1.61. The van der Waals surface area contributed by atoms with Gasteiger partial charge in [-0.25, -0.2) is 8.42 Å². The molecule has 1 aromatic heterocycles. The molecule has 2 aromatic rings. The first-order valence-electron chi connectivity index (χ1n) is 7.29. The number of sulfone groups is 1. The predicted octanol–water partition coefficient (Wildman–Crippen LogP) is 1.000. The largest absolute Gasteiger partial charge is 0.494 e. The van der Waals surface area contributed by atoms with E-state index in [0.717, 1.165) is 6.26 Å². The van der Waals surface area contributed by atoms with Crippen molar-refractivity contribution in [3.8, 4) is 0 Å². The van der Waals surface area contributed by atoms with E-state index in [4.69, 9.17) is 13.9 Å². The molecule has 0 fully saturated rings. The summed E-state index contributed by atoms with van der Waals surface area (Å²) in [5.41, 5.74) is 0.649. The van der Waals surface area contributed by atoms with Gasteiger partial charge in [0, 0.05) is 6.26 Å². The standard InChI is InChI=1S/C15H15N3O6S/c1-25(20,21)11-4-2-10(3-5-11)8-13(19)16-15-18-17-14(24-15)12-9-22-6-7-23-12/h2-5,9H,6-8H2,1H3,(H,16,18,19). The molecule has 0 atom stereocenters. The molecule has 10 heteroatoms. The highest BCUT2D eigenvalue weighted by atomic mass is 32.2. The van der Waals surface area contributed by atoms with E-state index in [9.17, 15) is 13.2 Å². The van der Waals surface area contributed by atoms with E-state index in [2.05, 4.69) is 15.5 Å². The van der Waals surface area contributed by atoms with Crippen molar-refractivity contribution in [1.82, 2.24) is 10.2 Å². The van der Waals surface area contributed by atoms with Gasteiger partial charge in [-0.2, -0.15) is 0 Å². The van der Waals surface area contributed by atoms with E-state index in [0.29, 0.717) is 24.5 Å². The number of amides is 1. The highest BCUT2D eigenvalue weighted by Gasteiger charge is 2.17. The maximum Gasteiger partial charge on any atom is 0.322 e. The molecule has 1 aliphatic rings. The lowest BCUT2D eigenvalue weighted by Crippen LogP contribution is -2.14. The first kappa shape index (κ1) is 17.0. The van der Waals surface area contributed by atoms with Crippen molar-refractivity contribution in [3.05, 3.63) is 42.0 Å². The van der Waals surface area contributed by atoms with Gasteiger partial charge in [-0.3, -0.25) is 10.1 Å². The van der Waals surface area contributed by atoms with Crippen LogP contribution in [0.25, 0.3) is 5.76 Å². The van der Waals surface area contributed by atoms with E-state index < -0.39 is 9.84 Å². The van der Waals surface area contributed by atoms with Crippen LogP contribution in [-0.4, -0.2) is 44.0 Å². The molecule has 0 unspecified atom stereocenters. The van der Waals surface area contributed by atoms with Crippen molar-refractivity contribution in [3.63, 3.8) is 0 Å². The smallest absolute Gasteiger partial charge is 0.322 e. The summed E-state index contributed by atoms with van der Waals surface area (Å²) in [6, 6.07) is 5.99. The Morgan fingerprint density at radius 2 is 1.96 bits per heavy atom. The fourth-order valence-corrected chi connectivity index (χ4v) is 2.69. The van der Waals surface area contributed by atoms with Gasteiger partial charge in [0.15, 0.2) is 9.84 Å². The van der Waals surface area contributed by atoms with Crippen molar-refractivity contribution in [2.24, 2.45) is 0 Å². The number of carbonyl (C=O) groups is 1. The van der Waals surface area contributed by atoms with Crippen molar-refractivity contribution < 1.29 is 27.1 Å². The molecule has 132 valence electrons. The quantitative estimate of drug-likeness (QED) is 0.833. The molecule has 1 aliphatic heterocycles. The molecule has 1 N–H and O–H groups in total. The summed E-state index contributed by atoms with van der Waals surface area (Å²) in [5.74, 6) is 0.0280. The van der Waals surface area contributed by atoms with Crippen LogP contribution in [0, 0.1) is 0 Å². The number of hydrogen-bond donors (Lipinski definition) is 1. The Kier molecular flexibility index (Phi) is 4.70. The third kappa shape index (κ3) is 4.35. The lowest BCUT2D eigenvalue weighted by atomic mass is 10.1. The minimum atomic E-state index is -3.27. The van der Waals surface area contributed by atoms with Crippen LogP contribution >= 0.6 is 0 Å². The first-order chi connectivity index (χ1) is 11.9. The predicted molar refractivity (Wildman–Crippen MR) is 86.1 cm³/mol. The van der Waals surface area contributed by atoms with E-state index >= 15 is 0 Å². The Labute approximate surface area is 143 Å². The van der Waals surface area contributed by atoms with Gasteiger partial charge in [0.2, 0.25) is 11.7 Å². The average molecular weight is 365 g/mol. The number of anilines is 1. The summed E-state index contributed by atoms with van der Waals surface area (Å²) in [6.45, 7) is 0.818. The van der Waals surface area contributed by atoms with Gasteiger partial charge in [-0.15, -0.1) is 5.10 Å². The molecular weight excluding hydrogens is 350 g/mol. The van der Waals surface area contributed by atoms with Crippen molar-refractivity contribution in [1.29, 1.82) is 0 Å². The summed E-state index contributed by atoms with van der Waals surface area (Å²) in [5, 5.41) is 9.96. The second kappa shape index (κ2) is 6.93. The van der Waals surface area contributed by atoms with Gasteiger partial charge in [0.25, 0.3) is 5.89 Å². The zero-order valence-electron chi connectivity index (χ0n) is 13.3. The number of ether oxygens (including phenoxy) is 2. The second-order valence-electron chi connectivity index (χ2n) is 5.25. The highest BCUT2D eigenvalue weighted by molar-refractivity contribution is 7.90.